The van der Waals surface area contributed by atoms with Crippen LogP contribution in [0.1, 0.15) is 17.5 Å². The molecule has 0 aliphatic rings. The second kappa shape index (κ2) is 6.64. The summed E-state index contributed by atoms with van der Waals surface area (Å²) in [5, 5.41) is 13.7. The molecule has 0 radical (unpaired) electrons. The van der Waals surface area contributed by atoms with Crippen molar-refractivity contribution in [1.82, 2.24) is 15.2 Å². The molecule has 1 unspecified atom stereocenters. The molecule has 1 N–H and O–H groups in total. The van der Waals surface area contributed by atoms with E-state index in [4.69, 9.17) is 0 Å². The van der Waals surface area contributed by atoms with Crippen LogP contribution in [-0.2, 0) is 4.79 Å². The van der Waals surface area contributed by atoms with Gasteiger partial charge < -0.3 is 0 Å². The third kappa shape index (κ3) is 3.68. The van der Waals surface area contributed by atoms with Crippen molar-refractivity contribution in [2.45, 2.75) is 31.0 Å². The maximum Gasteiger partial charge on any atom is 0.239 e. The number of carbonyl (C=O) groups excluding carboxylic acids is 1. The minimum Gasteiger partial charge on any atom is -0.300 e. The maximum absolute atomic E-state index is 12.3. The Morgan fingerprint density at radius 3 is 2.78 bits per heavy atom. The summed E-state index contributed by atoms with van der Waals surface area (Å²) in [7, 11) is 0. The number of aromatic nitrogens is 3. The fourth-order valence-corrected chi connectivity index (χ4v) is 3.69. The van der Waals surface area contributed by atoms with Gasteiger partial charge in [-0.1, -0.05) is 41.3 Å². The lowest BCUT2D eigenvalue weighted by atomic mass is 10.1. The summed E-state index contributed by atoms with van der Waals surface area (Å²) in [6.45, 7) is 5.77. The van der Waals surface area contributed by atoms with Gasteiger partial charge >= 0.3 is 0 Å². The van der Waals surface area contributed by atoms with E-state index in [1.165, 1.54) is 23.1 Å². The van der Waals surface area contributed by atoms with Gasteiger partial charge in [-0.3, -0.25) is 10.1 Å². The Morgan fingerprint density at radius 1 is 1.26 bits per heavy atom. The number of amides is 1. The lowest BCUT2D eigenvalue weighted by Gasteiger charge is -2.11. The molecule has 1 aromatic carbocycles. The average molecular weight is 344 g/mol. The Bertz CT molecular complexity index is 862. The van der Waals surface area contributed by atoms with Crippen LogP contribution in [0.25, 0.3) is 10.9 Å². The van der Waals surface area contributed by atoms with Crippen molar-refractivity contribution >= 4 is 45.0 Å². The summed E-state index contributed by atoms with van der Waals surface area (Å²) in [6, 6.07) is 10.0. The van der Waals surface area contributed by atoms with Gasteiger partial charge in [0.25, 0.3) is 0 Å². The first-order chi connectivity index (χ1) is 11.0. The summed E-state index contributed by atoms with van der Waals surface area (Å²) in [5.41, 5.74) is 2.10. The summed E-state index contributed by atoms with van der Waals surface area (Å²) < 4.78 is 0. The van der Waals surface area contributed by atoms with E-state index >= 15 is 0 Å². The normalized spacial score (nSPS) is 12.3. The van der Waals surface area contributed by atoms with Gasteiger partial charge in [0.2, 0.25) is 11.0 Å². The van der Waals surface area contributed by atoms with Crippen LogP contribution in [0.2, 0.25) is 0 Å². The van der Waals surface area contributed by atoms with Crippen molar-refractivity contribution in [3.8, 4) is 0 Å². The molecular formula is C16H16N4OS2. The Labute approximate surface area is 142 Å². The molecule has 0 aliphatic carbocycles. The first-order valence-electron chi connectivity index (χ1n) is 7.17. The predicted octanol–water partition coefficient (Wildman–Crippen LogP) is 3.82. The van der Waals surface area contributed by atoms with Gasteiger partial charge in [-0.05, 0) is 38.5 Å². The van der Waals surface area contributed by atoms with E-state index in [9.17, 15) is 4.79 Å². The summed E-state index contributed by atoms with van der Waals surface area (Å²) in [4.78, 5) is 16.9. The van der Waals surface area contributed by atoms with Gasteiger partial charge in [-0.2, -0.15) is 0 Å². The van der Waals surface area contributed by atoms with Crippen molar-refractivity contribution in [3.05, 3.63) is 40.9 Å². The molecule has 118 valence electrons. The molecule has 0 fully saturated rings. The number of aryl methyl sites for hydroxylation is 2. The zero-order valence-electron chi connectivity index (χ0n) is 13.0. The Balaban J connectivity index is 1.74. The number of para-hydroxylation sites is 1. The van der Waals surface area contributed by atoms with Gasteiger partial charge in [0.05, 0.1) is 15.8 Å². The molecule has 5 nitrogen and oxygen atoms in total. The highest BCUT2D eigenvalue weighted by molar-refractivity contribution is 8.00. The number of nitrogens with zero attached hydrogens (tertiary/aromatic N) is 3. The number of carbonyl (C=O) groups is 1. The van der Waals surface area contributed by atoms with E-state index in [1.807, 2.05) is 38.1 Å². The number of rotatable bonds is 4. The Morgan fingerprint density at radius 2 is 2.04 bits per heavy atom. The summed E-state index contributed by atoms with van der Waals surface area (Å²) >= 11 is 2.81. The highest BCUT2D eigenvalue weighted by Crippen LogP contribution is 2.27. The average Bonchev–Trinajstić information content (AvgIpc) is 2.92. The van der Waals surface area contributed by atoms with E-state index < -0.39 is 0 Å². The summed E-state index contributed by atoms with van der Waals surface area (Å²) in [6.07, 6.45) is 0. The molecule has 2 aromatic heterocycles. The molecule has 0 bridgehead atoms. The van der Waals surface area contributed by atoms with Gasteiger partial charge in [0, 0.05) is 5.39 Å². The van der Waals surface area contributed by atoms with Crippen LogP contribution in [0.4, 0.5) is 5.13 Å². The first kappa shape index (κ1) is 15.9. The van der Waals surface area contributed by atoms with Gasteiger partial charge in [0.15, 0.2) is 0 Å². The molecule has 1 amide bonds. The minimum atomic E-state index is -0.271. The SMILES string of the molecule is Cc1nnc(NC(=O)C(C)Sc2cc(C)c3ccccc3n2)s1. The number of benzene rings is 1. The number of nitrogens with one attached hydrogen (secondary N) is 1. The van der Waals surface area contributed by atoms with E-state index in [2.05, 4.69) is 33.5 Å². The first-order valence-corrected chi connectivity index (χ1v) is 8.86. The van der Waals surface area contributed by atoms with E-state index in [0.717, 1.165) is 26.5 Å². The number of pyridine rings is 1. The van der Waals surface area contributed by atoms with Crippen LogP contribution in [0, 0.1) is 13.8 Å². The standard InChI is InChI=1S/C16H16N4OS2/c1-9-8-14(17-13-7-5-4-6-12(9)13)22-10(2)15(21)18-16-20-19-11(3)23-16/h4-8,10H,1-3H3,(H,18,20,21). The fraction of sp³-hybridized carbons (Fsp3) is 0.250. The maximum atomic E-state index is 12.3. The highest BCUT2D eigenvalue weighted by atomic mass is 32.2. The third-order valence-corrected chi connectivity index (χ3v) is 5.09. The molecule has 3 aromatic rings. The van der Waals surface area contributed by atoms with E-state index in [0.29, 0.717) is 5.13 Å². The van der Waals surface area contributed by atoms with E-state index in [-0.39, 0.29) is 11.2 Å². The largest absolute Gasteiger partial charge is 0.300 e. The monoisotopic (exact) mass is 344 g/mol. The molecule has 3 rings (SSSR count). The van der Waals surface area contributed by atoms with Crippen LogP contribution < -0.4 is 5.32 Å². The minimum absolute atomic E-state index is 0.0984. The van der Waals surface area contributed by atoms with Crippen molar-refractivity contribution in [1.29, 1.82) is 0 Å². The second-order valence-electron chi connectivity index (χ2n) is 5.17. The lowest BCUT2D eigenvalue weighted by Crippen LogP contribution is -2.22. The molecular weight excluding hydrogens is 328 g/mol. The molecule has 0 saturated heterocycles. The predicted molar refractivity (Wildman–Crippen MR) is 95.1 cm³/mol. The molecule has 0 aliphatic heterocycles. The zero-order chi connectivity index (χ0) is 16.4. The molecule has 23 heavy (non-hydrogen) atoms. The molecule has 7 heteroatoms. The third-order valence-electron chi connectivity index (χ3n) is 3.32. The number of anilines is 1. The Hall–Kier alpha value is -1.99. The van der Waals surface area contributed by atoms with Gasteiger partial charge in [-0.25, -0.2) is 4.98 Å². The topological polar surface area (TPSA) is 67.8 Å². The molecule has 1 atom stereocenters. The van der Waals surface area contributed by atoms with Crippen LogP contribution in [0.15, 0.2) is 35.4 Å². The molecule has 0 saturated carbocycles. The fourth-order valence-electron chi connectivity index (χ4n) is 2.17. The van der Waals surface area contributed by atoms with Crippen molar-refractivity contribution in [2.24, 2.45) is 0 Å². The van der Waals surface area contributed by atoms with Crippen LogP contribution in [-0.4, -0.2) is 26.3 Å². The van der Waals surface area contributed by atoms with Crippen LogP contribution >= 0.6 is 23.1 Å². The Kier molecular flexibility index (Phi) is 4.58. The van der Waals surface area contributed by atoms with Gasteiger partial charge in [-0.15, -0.1) is 10.2 Å². The van der Waals surface area contributed by atoms with E-state index in [1.54, 1.807) is 0 Å². The number of hydrogen-bond donors (Lipinski definition) is 1. The van der Waals surface area contributed by atoms with Crippen LogP contribution in [0.3, 0.4) is 0 Å². The number of fused-ring (bicyclic) bond motifs is 1. The summed E-state index contributed by atoms with van der Waals surface area (Å²) in [5.74, 6) is -0.0984. The molecule has 0 spiro atoms. The lowest BCUT2D eigenvalue weighted by molar-refractivity contribution is -0.115. The number of thioether (sulfide) groups is 1. The van der Waals surface area contributed by atoms with Crippen LogP contribution in [0.5, 0.6) is 0 Å². The quantitative estimate of drug-likeness (QED) is 0.729. The van der Waals surface area contributed by atoms with Crippen molar-refractivity contribution in [2.75, 3.05) is 5.32 Å². The number of hydrogen-bond acceptors (Lipinski definition) is 6. The van der Waals surface area contributed by atoms with Crippen molar-refractivity contribution in [3.63, 3.8) is 0 Å². The smallest absolute Gasteiger partial charge is 0.239 e. The molecule has 2 heterocycles. The van der Waals surface area contributed by atoms with Crippen molar-refractivity contribution < 1.29 is 4.79 Å². The second-order valence-corrected chi connectivity index (χ2v) is 7.71. The van der Waals surface area contributed by atoms with Gasteiger partial charge in [0.1, 0.15) is 5.01 Å². The highest BCUT2D eigenvalue weighted by Gasteiger charge is 2.17. The zero-order valence-corrected chi connectivity index (χ0v) is 14.7.